The maximum Gasteiger partial charge on any atom is 0.322 e. The zero-order chi connectivity index (χ0) is 24.0. The van der Waals surface area contributed by atoms with Gasteiger partial charge in [0.1, 0.15) is 24.4 Å². The number of fused-ring (bicyclic) bond motifs is 3. The molecule has 184 valence electrons. The predicted octanol–water partition coefficient (Wildman–Crippen LogP) is 6.09. The predicted molar refractivity (Wildman–Crippen MR) is 131 cm³/mol. The van der Waals surface area contributed by atoms with Crippen LogP contribution < -0.4 is 0 Å². The average molecular weight is 525 g/mol. The van der Waals surface area contributed by atoms with Crippen LogP contribution >= 0.6 is 28.5 Å². The van der Waals surface area contributed by atoms with Crippen LogP contribution in [0.2, 0.25) is 0 Å². The number of hydrogen-bond acceptors (Lipinski definition) is 9. The Kier molecular flexibility index (Phi) is 6.96. The SMILES string of the molecule is CC1(C)O[C@H]2[C@@H](O1)[C@@H](COP(=O)(Sc1ccccc1)Sc1ccccc1)O[C@@H]1OC(C)(C)O[C@@H]12. The molecule has 3 fully saturated rings. The summed E-state index contributed by atoms with van der Waals surface area (Å²) in [5.41, 5.74) is 0. The van der Waals surface area contributed by atoms with Crippen molar-refractivity contribution in [2.75, 3.05) is 6.61 Å². The van der Waals surface area contributed by atoms with E-state index in [1.165, 1.54) is 22.8 Å². The lowest BCUT2D eigenvalue weighted by molar-refractivity contribution is -0.238. The molecule has 3 aliphatic heterocycles. The summed E-state index contributed by atoms with van der Waals surface area (Å²) >= 11 is 2.46. The first-order valence-electron chi connectivity index (χ1n) is 11.2. The first-order chi connectivity index (χ1) is 16.1. The molecule has 0 N–H and O–H groups in total. The summed E-state index contributed by atoms with van der Waals surface area (Å²) in [4.78, 5) is 1.74. The molecule has 7 nitrogen and oxygen atoms in total. The topological polar surface area (TPSA) is 72.5 Å². The standard InChI is InChI=1S/C24H29O7PS2/c1-23(2)28-19-18(27-22-21(20(19)29-23)30-24(3,4)31-22)15-26-32(25,33-16-11-7-5-8-12-16)34-17-13-9-6-10-14-17/h5-14,18-22H,15H2,1-4H3/t18-,19+,20+,21-,22-/m1/s1. The van der Waals surface area contributed by atoms with Gasteiger partial charge in [0, 0.05) is 9.79 Å². The highest BCUT2D eigenvalue weighted by molar-refractivity contribution is 8.89. The highest BCUT2D eigenvalue weighted by atomic mass is 33.1. The second kappa shape index (κ2) is 9.54. The van der Waals surface area contributed by atoms with Crippen molar-refractivity contribution in [1.29, 1.82) is 0 Å². The Balaban J connectivity index is 1.36. The number of ether oxygens (including phenoxy) is 5. The van der Waals surface area contributed by atoms with Gasteiger partial charge in [-0.1, -0.05) is 36.4 Å². The molecule has 0 amide bonds. The first-order valence-corrected chi connectivity index (χ1v) is 15.7. The van der Waals surface area contributed by atoms with Crippen LogP contribution in [-0.2, 0) is 32.8 Å². The smallest absolute Gasteiger partial charge is 0.322 e. The third-order valence-corrected chi connectivity index (χ3v) is 12.0. The van der Waals surface area contributed by atoms with Crippen molar-refractivity contribution in [2.24, 2.45) is 0 Å². The summed E-state index contributed by atoms with van der Waals surface area (Å²) in [5, 5.41) is 0. The number of benzene rings is 2. The second-order valence-corrected chi connectivity index (χ2v) is 16.4. The van der Waals surface area contributed by atoms with Crippen LogP contribution in [-0.4, -0.2) is 48.9 Å². The minimum atomic E-state index is -3.27. The summed E-state index contributed by atoms with van der Waals surface area (Å²) in [6.45, 7) is 7.47. The quantitative estimate of drug-likeness (QED) is 0.400. The Morgan fingerprint density at radius 3 is 1.85 bits per heavy atom. The van der Waals surface area contributed by atoms with E-state index in [1.807, 2.05) is 88.4 Å². The van der Waals surface area contributed by atoms with E-state index in [1.54, 1.807) is 0 Å². The fraction of sp³-hybridized carbons (Fsp3) is 0.500. The summed E-state index contributed by atoms with van der Waals surface area (Å²) in [7, 11) is 0. The van der Waals surface area contributed by atoms with Crippen molar-refractivity contribution >= 4 is 28.5 Å². The van der Waals surface area contributed by atoms with E-state index in [0.29, 0.717) is 0 Å². The van der Waals surface area contributed by atoms with Crippen LogP contribution in [0.3, 0.4) is 0 Å². The highest BCUT2D eigenvalue weighted by Gasteiger charge is 2.60. The van der Waals surface area contributed by atoms with Gasteiger partial charge in [-0.2, -0.15) is 0 Å². The molecule has 3 saturated heterocycles. The summed E-state index contributed by atoms with van der Waals surface area (Å²) < 4.78 is 50.8. The van der Waals surface area contributed by atoms with Crippen LogP contribution in [0.4, 0.5) is 0 Å². The average Bonchev–Trinajstić information content (AvgIpc) is 3.27. The van der Waals surface area contributed by atoms with E-state index in [4.69, 9.17) is 28.2 Å². The molecular formula is C24H29O7PS2. The summed E-state index contributed by atoms with van der Waals surface area (Å²) in [5.74, 6) is -4.87. The Morgan fingerprint density at radius 1 is 0.765 bits per heavy atom. The molecule has 0 unspecified atom stereocenters. The lowest BCUT2D eigenvalue weighted by Gasteiger charge is -2.37. The molecule has 0 saturated carbocycles. The minimum absolute atomic E-state index is 0.0601. The van der Waals surface area contributed by atoms with Gasteiger partial charge in [0.25, 0.3) is 0 Å². The van der Waals surface area contributed by atoms with Crippen molar-refractivity contribution in [3.8, 4) is 0 Å². The van der Waals surface area contributed by atoms with Gasteiger partial charge in [0.2, 0.25) is 0 Å². The zero-order valence-corrected chi connectivity index (χ0v) is 22.0. The molecule has 10 heteroatoms. The third-order valence-electron chi connectivity index (χ3n) is 5.57. The molecule has 2 aromatic rings. The lowest BCUT2D eigenvalue weighted by Crippen LogP contribution is -2.56. The molecule has 34 heavy (non-hydrogen) atoms. The molecule has 0 radical (unpaired) electrons. The normalized spacial score (nSPS) is 31.7. The van der Waals surface area contributed by atoms with Crippen LogP contribution in [0.5, 0.6) is 0 Å². The van der Waals surface area contributed by atoms with Crippen LogP contribution in [0.1, 0.15) is 27.7 Å². The van der Waals surface area contributed by atoms with E-state index in [2.05, 4.69) is 0 Å². The number of rotatable bonds is 7. The molecule has 0 spiro atoms. The fourth-order valence-corrected chi connectivity index (χ4v) is 10.8. The van der Waals surface area contributed by atoms with Crippen molar-refractivity contribution in [2.45, 2.75) is 79.8 Å². The largest absolute Gasteiger partial charge is 0.342 e. The Bertz CT molecular complexity index is 991. The van der Waals surface area contributed by atoms with Crippen molar-refractivity contribution in [3.63, 3.8) is 0 Å². The van der Waals surface area contributed by atoms with Crippen molar-refractivity contribution < 1.29 is 32.8 Å². The molecule has 0 bridgehead atoms. The highest BCUT2D eigenvalue weighted by Crippen LogP contribution is 2.74. The molecular weight excluding hydrogens is 495 g/mol. The van der Waals surface area contributed by atoms with E-state index in [0.717, 1.165) is 9.79 Å². The molecule has 3 aliphatic rings. The van der Waals surface area contributed by atoms with Crippen LogP contribution in [0.15, 0.2) is 70.5 Å². The third kappa shape index (κ3) is 5.59. The van der Waals surface area contributed by atoms with Crippen LogP contribution in [0.25, 0.3) is 0 Å². The molecule has 5 atom stereocenters. The Labute approximate surface area is 208 Å². The minimum Gasteiger partial charge on any atom is -0.342 e. The van der Waals surface area contributed by atoms with Gasteiger partial charge >= 0.3 is 5.77 Å². The summed E-state index contributed by atoms with van der Waals surface area (Å²) in [6, 6.07) is 19.2. The molecule has 0 aliphatic carbocycles. The van der Waals surface area contributed by atoms with Crippen molar-refractivity contribution in [1.82, 2.24) is 0 Å². The van der Waals surface area contributed by atoms with Gasteiger partial charge in [0.05, 0.1) is 6.61 Å². The lowest BCUT2D eigenvalue weighted by atomic mass is 9.99. The van der Waals surface area contributed by atoms with E-state index < -0.39 is 41.9 Å². The van der Waals surface area contributed by atoms with Gasteiger partial charge in [-0.15, -0.1) is 0 Å². The fourth-order valence-electron chi connectivity index (χ4n) is 4.28. The Morgan fingerprint density at radius 2 is 1.26 bits per heavy atom. The zero-order valence-electron chi connectivity index (χ0n) is 19.5. The molecule has 0 aromatic heterocycles. The molecule has 2 aromatic carbocycles. The van der Waals surface area contributed by atoms with E-state index >= 15 is 0 Å². The van der Waals surface area contributed by atoms with Gasteiger partial charge in [-0.25, -0.2) is 0 Å². The van der Waals surface area contributed by atoms with Crippen LogP contribution in [0, 0.1) is 0 Å². The van der Waals surface area contributed by atoms with E-state index in [9.17, 15) is 4.57 Å². The number of hydrogen-bond donors (Lipinski definition) is 0. The molecule has 5 rings (SSSR count). The van der Waals surface area contributed by atoms with E-state index in [-0.39, 0.29) is 12.7 Å². The van der Waals surface area contributed by atoms with Gasteiger partial charge in [-0.3, -0.25) is 4.57 Å². The maximum atomic E-state index is 14.1. The van der Waals surface area contributed by atoms with Crippen molar-refractivity contribution in [3.05, 3.63) is 60.7 Å². The second-order valence-electron chi connectivity index (χ2n) is 9.26. The Hall–Kier alpha value is -0.870. The van der Waals surface area contributed by atoms with Gasteiger partial charge < -0.3 is 28.2 Å². The maximum absolute atomic E-state index is 14.1. The first kappa shape index (κ1) is 24.8. The summed E-state index contributed by atoms with van der Waals surface area (Å²) in [6.07, 6.45) is -2.39. The molecule has 3 heterocycles. The monoisotopic (exact) mass is 524 g/mol. The van der Waals surface area contributed by atoms with Gasteiger partial charge in [-0.05, 0) is 74.7 Å². The van der Waals surface area contributed by atoms with Gasteiger partial charge in [0.15, 0.2) is 17.9 Å².